The molecule has 0 radical (unpaired) electrons. The summed E-state index contributed by atoms with van der Waals surface area (Å²) in [5.41, 5.74) is 0.697. The summed E-state index contributed by atoms with van der Waals surface area (Å²) in [5.74, 6) is 0.577. The highest BCUT2D eigenvalue weighted by molar-refractivity contribution is 5.98. The fourth-order valence-corrected chi connectivity index (χ4v) is 4.24. The molecule has 0 unspecified atom stereocenters. The molecular weight excluding hydrogens is 288 g/mol. The number of benzene rings is 1. The van der Waals surface area contributed by atoms with Crippen LogP contribution >= 0.6 is 0 Å². The van der Waals surface area contributed by atoms with Crippen molar-refractivity contribution in [2.24, 2.45) is 5.92 Å². The summed E-state index contributed by atoms with van der Waals surface area (Å²) in [7, 11) is 0. The molecule has 3 fully saturated rings. The van der Waals surface area contributed by atoms with E-state index < -0.39 is 0 Å². The van der Waals surface area contributed by atoms with Crippen molar-refractivity contribution in [2.75, 3.05) is 0 Å². The molecule has 1 saturated heterocycles. The molecule has 4 heteroatoms. The average molecular weight is 312 g/mol. The highest BCUT2D eigenvalue weighted by atomic mass is 16.2. The zero-order valence-electron chi connectivity index (χ0n) is 13.4. The standard InChI is InChI=1S/C19H24N2O2/c22-18(20-15-10-11-15)17-12-14-8-4-5-9-16(14)21(17)19(23)13-6-2-1-3-7-13/h1-3,6-7,14-17H,4-5,8-12H2,(H,20,22)/t14-,16-,17+/m1/s1. The van der Waals surface area contributed by atoms with Crippen molar-refractivity contribution in [3.05, 3.63) is 35.9 Å². The molecular formula is C19H24N2O2. The quantitative estimate of drug-likeness (QED) is 0.933. The lowest BCUT2D eigenvalue weighted by Crippen LogP contribution is -2.50. The van der Waals surface area contributed by atoms with Gasteiger partial charge in [-0.1, -0.05) is 31.0 Å². The minimum atomic E-state index is -0.281. The van der Waals surface area contributed by atoms with E-state index in [0.717, 1.165) is 38.5 Å². The Hall–Kier alpha value is -1.84. The van der Waals surface area contributed by atoms with Gasteiger partial charge in [0, 0.05) is 17.6 Å². The van der Waals surface area contributed by atoms with Crippen molar-refractivity contribution in [2.45, 2.75) is 63.1 Å². The molecule has 1 N–H and O–H groups in total. The summed E-state index contributed by atoms with van der Waals surface area (Å²) in [6, 6.07) is 9.72. The van der Waals surface area contributed by atoms with Crippen LogP contribution in [0, 0.1) is 5.92 Å². The number of amides is 2. The smallest absolute Gasteiger partial charge is 0.254 e. The van der Waals surface area contributed by atoms with Gasteiger partial charge in [-0.2, -0.15) is 0 Å². The number of fused-ring (bicyclic) bond motifs is 1. The van der Waals surface area contributed by atoms with Crippen LogP contribution < -0.4 is 5.32 Å². The largest absolute Gasteiger partial charge is 0.352 e. The SMILES string of the molecule is O=C(NC1CC1)[C@@H]1C[C@H]2CCCC[C@H]2N1C(=O)c1ccccc1. The third kappa shape index (κ3) is 2.87. The van der Waals surface area contributed by atoms with Crippen molar-refractivity contribution in [1.29, 1.82) is 0 Å². The van der Waals surface area contributed by atoms with Crippen LogP contribution in [0.25, 0.3) is 0 Å². The van der Waals surface area contributed by atoms with Crippen LogP contribution in [0.15, 0.2) is 30.3 Å². The van der Waals surface area contributed by atoms with E-state index in [9.17, 15) is 9.59 Å². The van der Waals surface area contributed by atoms with Crippen molar-refractivity contribution in [3.8, 4) is 0 Å². The molecule has 0 aromatic heterocycles. The number of carbonyl (C=O) groups excluding carboxylic acids is 2. The Morgan fingerprint density at radius 3 is 2.48 bits per heavy atom. The van der Waals surface area contributed by atoms with Crippen LogP contribution in [-0.2, 0) is 4.79 Å². The van der Waals surface area contributed by atoms with Gasteiger partial charge in [-0.05, 0) is 50.2 Å². The Morgan fingerprint density at radius 1 is 1.00 bits per heavy atom. The predicted octanol–water partition coefficient (Wildman–Crippen LogP) is 2.74. The first-order valence-electron chi connectivity index (χ1n) is 8.92. The summed E-state index contributed by atoms with van der Waals surface area (Å²) in [6.07, 6.45) is 7.58. The zero-order valence-corrected chi connectivity index (χ0v) is 13.4. The molecule has 1 heterocycles. The number of rotatable bonds is 3. The van der Waals surface area contributed by atoms with E-state index in [2.05, 4.69) is 5.32 Å². The van der Waals surface area contributed by atoms with E-state index in [4.69, 9.17) is 0 Å². The molecule has 3 atom stereocenters. The Labute approximate surface area is 137 Å². The minimum absolute atomic E-state index is 0.0240. The lowest BCUT2D eigenvalue weighted by Gasteiger charge is -2.33. The molecule has 4 rings (SSSR count). The van der Waals surface area contributed by atoms with Crippen molar-refractivity contribution < 1.29 is 9.59 Å². The third-order valence-corrected chi connectivity index (χ3v) is 5.57. The van der Waals surface area contributed by atoms with Gasteiger partial charge in [0.1, 0.15) is 6.04 Å². The van der Waals surface area contributed by atoms with Crippen LogP contribution in [-0.4, -0.2) is 34.8 Å². The van der Waals surface area contributed by atoms with Crippen molar-refractivity contribution in [3.63, 3.8) is 0 Å². The number of likely N-dealkylation sites (tertiary alicyclic amines) is 1. The van der Waals surface area contributed by atoms with Crippen LogP contribution in [0.2, 0.25) is 0 Å². The molecule has 2 saturated carbocycles. The van der Waals surface area contributed by atoms with Crippen molar-refractivity contribution in [1.82, 2.24) is 10.2 Å². The maximum atomic E-state index is 13.1. The van der Waals surface area contributed by atoms with Gasteiger partial charge in [0.25, 0.3) is 5.91 Å². The number of nitrogens with zero attached hydrogens (tertiary/aromatic N) is 1. The van der Waals surface area contributed by atoms with E-state index in [1.165, 1.54) is 6.42 Å². The molecule has 0 bridgehead atoms. The summed E-state index contributed by atoms with van der Waals surface area (Å²) in [6.45, 7) is 0. The first-order valence-corrected chi connectivity index (χ1v) is 8.92. The first kappa shape index (κ1) is 14.7. The maximum Gasteiger partial charge on any atom is 0.254 e. The highest BCUT2D eigenvalue weighted by Gasteiger charge is 2.48. The van der Waals surface area contributed by atoms with Gasteiger partial charge < -0.3 is 10.2 Å². The monoisotopic (exact) mass is 312 g/mol. The molecule has 2 aliphatic carbocycles. The second-order valence-electron chi connectivity index (χ2n) is 7.22. The molecule has 4 nitrogen and oxygen atoms in total. The van der Waals surface area contributed by atoms with Crippen LogP contribution in [0.5, 0.6) is 0 Å². The second kappa shape index (κ2) is 5.99. The Bertz CT molecular complexity index is 597. The van der Waals surface area contributed by atoms with Crippen LogP contribution in [0.4, 0.5) is 0 Å². The molecule has 1 aliphatic heterocycles. The summed E-state index contributed by atoms with van der Waals surface area (Å²) < 4.78 is 0. The van der Waals surface area contributed by atoms with Gasteiger partial charge in [0.2, 0.25) is 5.91 Å². The molecule has 3 aliphatic rings. The first-order chi connectivity index (χ1) is 11.2. The topological polar surface area (TPSA) is 49.4 Å². The van der Waals surface area contributed by atoms with Gasteiger partial charge in [0.15, 0.2) is 0 Å². The highest BCUT2D eigenvalue weighted by Crippen LogP contribution is 2.40. The van der Waals surface area contributed by atoms with E-state index >= 15 is 0 Å². The Balaban J connectivity index is 1.60. The normalized spacial score (nSPS) is 29.9. The van der Waals surface area contributed by atoms with Crippen LogP contribution in [0.3, 0.4) is 0 Å². The summed E-state index contributed by atoms with van der Waals surface area (Å²) in [5, 5.41) is 3.11. The molecule has 0 spiro atoms. The van der Waals surface area contributed by atoms with Gasteiger partial charge in [-0.15, -0.1) is 0 Å². The summed E-state index contributed by atoms with van der Waals surface area (Å²) in [4.78, 5) is 27.7. The average Bonchev–Trinajstić information content (AvgIpc) is 3.31. The minimum Gasteiger partial charge on any atom is -0.352 e. The molecule has 1 aromatic carbocycles. The van der Waals surface area contributed by atoms with E-state index in [-0.39, 0.29) is 23.9 Å². The van der Waals surface area contributed by atoms with Gasteiger partial charge in [-0.3, -0.25) is 9.59 Å². The summed E-state index contributed by atoms with van der Waals surface area (Å²) >= 11 is 0. The third-order valence-electron chi connectivity index (χ3n) is 5.57. The van der Waals surface area contributed by atoms with Crippen molar-refractivity contribution >= 4 is 11.8 Å². The fraction of sp³-hybridized carbons (Fsp3) is 0.579. The molecule has 122 valence electrons. The number of hydrogen-bond acceptors (Lipinski definition) is 2. The van der Waals surface area contributed by atoms with Gasteiger partial charge in [-0.25, -0.2) is 0 Å². The van der Waals surface area contributed by atoms with E-state index in [1.807, 2.05) is 35.2 Å². The van der Waals surface area contributed by atoms with E-state index in [1.54, 1.807) is 0 Å². The lowest BCUT2D eigenvalue weighted by molar-refractivity contribution is -0.125. The fourth-order valence-electron chi connectivity index (χ4n) is 4.24. The number of nitrogens with one attached hydrogen (secondary N) is 1. The molecule has 23 heavy (non-hydrogen) atoms. The van der Waals surface area contributed by atoms with Gasteiger partial charge >= 0.3 is 0 Å². The lowest BCUT2D eigenvalue weighted by atomic mass is 9.84. The Kier molecular flexibility index (Phi) is 3.83. The second-order valence-corrected chi connectivity index (χ2v) is 7.22. The predicted molar refractivity (Wildman–Crippen MR) is 87.9 cm³/mol. The number of hydrogen-bond donors (Lipinski definition) is 1. The van der Waals surface area contributed by atoms with E-state index in [0.29, 0.717) is 17.5 Å². The maximum absolute atomic E-state index is 13.1. The zero-order chi connectivity index (χ0) is 15.8. The molecule has 1 aromatic rings. The number of carbonyl (C=O) groups is 2. The Morgan fingerprint density at radius 2 is 1.74 bits per heavy atom. The molecule has 2 amide bonds. The van der Waals surface area contributed by atoms with Gasteiger partial charge in [0.05, 0.1) is 0 Å². The van der Waals surface area contributed by atoms with Crippen LogP contribution in [0.1, 0.15) is 55.3 Å².